The van der Waals surface area contributed by atoms with Crippen LogP contribution in [-0.2, 0) is 4.79 Å². The second-order valence-electron chi connectivity index (χ2n) is 4.27. The van der Waals surface area contributed by atoms with Gasteiger partial charge in [0, 0.05) is 0 Å². The fourth-order valence-corrected chi connectivity index (χ4v) is 1.58. The van der Waals surface area contributed by atoms with Crippen LogP contribution in [0.2, 0.25) is 0 Å². The van der Waals surface area contributed by atoms with Gasteiger partial charge in [0.25, 0.3) is 0 Å². The molecule has 0 aliphatic rings. The van der Waals surface area contributed by atoms with Gasteiger partial charge in [-0.05, 0) is 0 Å². The fourth-order valence-electron chi connectivity index (χ4n) is 1.58. The molecule has 0 radical (unpaired) electrons. The van der Waals surface area contributed by atoms with Gasteiger partial charge in [-0.15, -0.1) is 0 Å². The van der Waals surface area contributed by atoms with Crippen molar-refractivity contribution in [3.63, 3.8) is 0 Å². The summed E-state index contributed by atoms with van der Waals surface area (Å²) in [6, 6.07) is 0. The third-order valence-electron chi connectivity index (χ3n) is 2.80. The first-order valence-electron chi connectivity index (χ1n) is 5.01. The largest absolute Gasteiger partial charge is 0.477 e. The molecule has 2 nitrogen and oxygen atoms in total. The van der Waals surface area contributed by atoms with Gasteiger partial charge in [-0.2, -0.15) is 65.9 Å². The molecule has 0 heterocycles. The van der Waals surface area contributed by atoms with Crippen LogP contribution in [0.25, 0.3) is 0 Å². The molecule has 0 aromatic heterocycles. The predicted molar refractivity (Wildman–Crippen MR) is 43.1 cm³/mol. The van der Waals surface area contributed by atoms with Crippen molar-refractivity contribution < 1.29 is 75.8 Å². The summed E-state index contributed by atoms with van der Waals surface area (Å²) in [6.07, 6.45) is -25.0. The molecule has 25 heavy (non-hydrogen) atoms. The number of alkyl halides is 15. The Morgan fingerprint density at radius 1 is 0.520 bits per heavy atom. The summed E-state index contributed by atoms with van der Waals surface area (Å²) in [5, 5.41) is 7.61. The lowest BCUT2D eigenvalue weighted by molar-refractivity contribution is -0.505. The predicted octanol–water partition coefficient (Wildman–Crippen LogP) is 4.65. The van der Waals surface area contributed by atoms with E-state index in [1.54, 1.807) is 0 Å². The van der Waals surface area contributed by atoms with Crippen LogP contribution in [0.3, 0.4) is 0 Å². The zero-order valence-corrected chi connectivity index (χ0v) is 10.5. The Balaban J connectivity index is 7.27. The van der Waals surface area contributed by atoms with Crippen LogP contribution in [0, 0.1) is 5.41 Å². The van der Waals surface area contributed by atoms with Gasteiger partial charge in [0.2, 0.25) is 0 Å². The van der Waals surface area contributed by atoms with Gasteiger partial charge in [-0.1, -0.05) is 0 Å². The summed E-state index contributed by atoms with van der Waals surface area (Å²) >= 11 is 0. The van der Waals surface area contributed by atoms with Gasteiger partial charge >= 0.3 is 47.7 Å². The molecule has 150 valence electrons. The Labute approximate surface area is 125 Å². The molecule has 0 unspecified atom stereocenters. The molecule has 0 saturated carbocycles. The lowest BCUT2D eigenvalue weighted by Crippen LogP contribution is -2.76. The van der Waals surface area contributed by atoms with Gasteiger partial charge in [0.15, 0.2) is 0 Å². The molecule has 0 aromatic rings. The monoisotopic (exact) mass is 414 g/mol. The molecule has 17 heteroatoms. The molecule has 0 aromatic carbocycles. The van der Waals surface area contributed by atoms with Crippen LogP contribution in [0.4, 0.5) is 65.9 Å². The molecule has 0 amide bonds. The third-order valence-corrected chi connectivity index (χ3v) is 2.80. The maximum absolute atomic E-state index is 13.2. The molecular formula is C8HF15O2. The van der Waals surface area contributed by atoms with Crippen molar-refractivity contribution in [3.05, 3.63) is 0 Å². The second-order valence-corrected chi connectivity index (χ2v) is 4.27. The molecule has 0 saturated heterocycles. The number of carboxylic acids is 1. The number of carbonyl (C=O) groups is 1. The Morgan fingerprint density at radius 2 is 0.760 bits per heavy atom. The highest BCUT2D eigenvalue weighted by atomic mass is 19.4. The number of aliphatic carboxylic acids is 1. The number of halogens is 15. The lowest BCUT2D eigenvalue weighted by atomic mass is 9.74. The van der Waals surface area contributed by atoms with Crippen LogP contribution in [0.5, 0.6) is 0 Å². The van der Waals surface area contributed by atoms with Gasteiger partial charge in [0.1, 0.15) is 0 Å². The first-order chi connectivity index (χ1) is 10.4. The minimum absolute atomic E-state index is 4.39. The average Bonchev–Trinajstić information content (AvgIpc) is 2.20. The van der Waals surface area contributed by atoms with E-state index in [0.717, 1.165) is 0 Å². The van der Waals surface area contributed by atoms with E-state index in [4.69, 9.17) is 5.11 Å². The minimum Gasteiger partial charge on any atom is -0.477 e. The lowest BCUT2D eigenvalue weighted by Gasteiger charge is -2.46. The zero-order valence-electron chi connectivity index (χ0n) is 10.5. The zero-order chi connectivity index (χ0) is 21.1. The highest BCUT2D eigenvalue weighted by Crippen LogP contribution is 2.70. The van der Waals surface area contributed by atoms with E-state index in [1.807, 2.05) is 0 Å². The topological polar surface area (TPSA) is 37.3 Å². The van der Waals surface area contributed by atoms with Crippen LogP contribution >= 0.6 is 0 Å². The van der Waals surface area contributed by atoms with Crippen molar-refractivity contribution in [1.82, 2.24) is 0 Å². The van der Waals surface area contributed by atoms with E-state index in [9.17, 15) is 70.7 Å². The highest BCUT2D eigenvalue weighted by Gasteiger charge is 3.00. The molecule has 0 bridgehead atoms. The molecule has 0 rings (SSSR count). The maximum Gasteiger partial charge on any atom is 0.418 e. The van der Waals surface area contributed by atoms with Crippen LogP contribution < -0.4 is 0 Å². The average molecular weight is 414 g/mol. The van der Waals surface area contributed by atoms with Crippen molar-refractivity contribution in [2.75, 3.05) is 0 Å². The molecular weight excluding hydrogens is 413 g/mol. The molecule has 0 atom stereocenters. The van der Waals surface area contributed by atoms with Crippen molar-refractivity contribution in [2.45, 2.75) is 36.3 Å². The van der Waals surface area contributed by atoms with Crippen LogP contribution in [0.1, 0.15) is 0 Å². The summed E-state index contributed by atoms with van der Waals surface area (Å²) in [4.78, 5) is 9.78. The van der Waals surface area contributed by atoms with Gasteiger partial charge in [0.05, 0.1) is 0 Å². The quantitative estimate of drug-likeness (QED) is 0.681. The molecule has 1 N–H and O–H groups in total. The Morgan fingerprint density at radius 3 is 0.920 bits per heavy atom. The molecule has 0 aliphatic carbocycles. The van der Waals surface area contributed by atoms with Crippen molar-refractivity contribution in [2.24, 2.45) is 5.41 Å². The Kier molecular flexibility index (Phi) is 5.11. The van der Waals surface area contributed by atoms with Crippen molar-refractivity contribution in [1.29, 1.82) is 0 Å². The second kappa shape index (κ2) is 5.46. The molecule has 0 spiro atoms. The smallest absolute Gasteiger partial charge is 0.418 e. The number of rotatable bonds is 4. The normalized spacial score (nSPS) is 16.1. The highest BCUT2D eigenvalue weighted by molar-refractivity contribution is 5.77. The molecule has 0 fully saturated rings. The summed E-state index contributed by atoms with van der Waals surface area (Å²) in [7, 11) is 0. The Bertz CT molecular complexity index is 485. The third kappa shape index (κ3) is 2.74. The van der Waals surface area contributed by atoms with Gasteiger partial charge < -0.3 is 5.11 Å². The molecule has 0 aliphatic heterocycles. The summed E-state index contributed by atoms with van der Waals surface area (Å²) in [5.41, 5.74) is -8.69. The first-order valence-corrected chi connectivity index (χ1v) is 5.01. The fraction of sp³-hybridized carbons (Fsp3) is 0.875. The van der Waals surface area contributed by atoms with Crippen LogP contribution in [0.15, 0.2) is 0 Å². The van der Waals surface area contributed by atoms with E-state index in [-0.39, 0.29) is 0 Å². The van der Waals surface area contributed by atoms with E-state index < -0.39 is 47.7 Å². The standard InChI is InChI=1S/C8HF15O2/c9-2(10,1(24)25)4(11,12)5(13,14)3(6(15,16)17,7(18,19)20)8(21,22)23/h(H,24,25). The summed E-state index contributed by atoms with van der Waals surface area (Å²) in [6.45, 7) is 0. The number of hydrogen-bond acceptors (Lipinski definition) is 1. The number of carboxylic acid groups (broad SMARTS) is 1. The summed E-state index contributed by atoms with van der Waals surface area (Å²) in [5.74, 6) is -28.8. The first kappa shape index (κ1) is 23.4. The van der Waals surface area contributed by atoms with Gasteiger partial charge in [-0.25, -0.2) is 4.79 Å². The van der Waals surface area contributed by atoms with E-state index in [2.05, 4.69) is 0 Å². The van der Waals surface area contributed by atoms with Gasteiger partial charge in [-0.3, -0.25) is 0 Å². The minimum atomic E-state index is -8.71. The van der Waals surface area contributed by atoms with Crippen LogP contribution in [-0.4, -0.2) is 47.4 Å². The van der Waals surface area contributed by atoms with E-state index >= 15 is 0 Å². The van der Waals surface area contributed by atoms with E-state index in [0.29, 0.717) is 0 Å². The summed E-state index contributed by atoms with van der Waals surface area (Å²) < 4.78 is 188. The van der Waals surface area contributed by atoms with Crippen molar-refractivity contribution >= 4 is 5.97 Å². The van der Waals surface area contributed by atoms with E-state index in [1.165, 1.54) is 0 Å². The maximum atomic E-state index is 13.2. The SMILES string of the molecule is O=C(O)C(F)(F)C(F)(F)C(F)(F)C(C(F)(F)F)(C(F)(F)F)C(F)(F)F. The Hall–Kier alpha value is -1.58. The van der Waals surface area contributed by atoms with Crippen molar-refractivity contribution in [3.8, 4) is 0 Å². The number of hydrogen-bond donors (Lipinski definition) is 1.